The maximum atomic E-state index is 12.9. The Morgan fingerprint density at radius 1 is 0.949 bits per heavy atom. The predicted octanol–water partition coefficient (Wildman–Crippen LogP) is 6.78. The van der Waals surface area contributed by atoms with Crippen LogP contribution in [0.25, 0.3) is 16.8 Å². The maximum absolute atomic E-state index is 12.9. The van der Waals surface area contributed by atoms with E-state index in [0.29, 0.717) is 32.6 Å². The number of nitrogens with zero attached hydrogens (tertiary/aromatic N) is 1. The predicted molar refractivity (Wildman–Crippen MR) is 158 cm³/mol. The first kappa shape index (κ1) is 26.6. The topological polar surface area (TPSA) is 87.7 Å². The number of carbonyl (C=O) groups excluding carboxylic acids is 3. The molecule has 2 N–H and O–H groups in total. The van der Waals surface area contributed by atoms with Gasteiger partial charge in [0.2, 0.25) is 5.91 Å². The maximum Gasteiger partial charge on any atom is 0.329 e. The van der Waals surface area contributed by atoms with E-state index in [0.717, 1.165) is 21.4 Å². The van der Waals surface area contributed by atoms with Gasteiger partial charge in [0.25, 0.3) is 5.91 Å². The number of carbonyl (C=O) groups is 3. The number of nitrogens with one attached hydrogen (secondary N) is 2. The van der Waals surface area contributed by atoms with Gasteiger partial charge in [0.05, 0.1) is 8.95 Å². The molecule has 4 amide bonds. The molecule has 39 heavy (non-hydrogen) atoms. The van der Waals surface area contributed by atoms with Crippen molar-refractivity contribution in [1.82, 2.24) is 10.2 Å². The SMILES string of the molecule is Cc1ccc(NC(=O)CN2C(=O)N/C(=C/c3cc(Br)c(OCc4ccc5ccccc5c4)c(Br)c3)C2=O)cc1. The molecule has 0 aromatic heterocycles. The number of ether oxygens (including phenoxy) is 1. The fraction of sp³-hybridized carbons (Fsp3) is 0.100. The van der Waals surface area contributed by atoms with Crippen LogP contribution in [0.4, 0.5) is 10.5 Å². The van der Waals surface area contributed by atoms with Crippen LogP contribution in [-0.4, -0.2) is 29.3 Å². The lowest BCUT2D eigenvalue weighted by Gasteiger charge is -2.12. The summed E-state index contributed by atoms with van der Waals surface area (Å²) in [5, 5.41) is 7.56. The Labute approximate surface area is 242 Å². The zero-order chi connectivity index (χ0) is 27.5. The van der Waals surface area contributed by atoms with Gasteiger partial charge in [0, 0.05) is 5.69 Å². The number of aryl methyl sites for hydroxylation is 1. The molecule has 1 fully saturated rings. The number of rotatable bonds is 7. The molecule has 4 aromatic carbocycles. The third kappa shape index (κ3) is 6.21. The molecule has 0 spiro atoms. The highest BCUT2D eigenvalue weighted by Crippen LogP contribution is 2.36. The second kappa shape index (κ2) is 11.4. The lowest BCUT2D eigenvalue weighted by Crippen LogP contribution is -2.38. The molecule has 1 saturated heterocycles. The summed E-state index contributed by atoms with van der Waals surface area (Å²) in [5.41, 5.74) is 3.41. The highest BCUT2D eigenvalue weighted by atomic mass is 79.9. The summed E-state index contributed by atoms with van der Waals surface area (Å²) in [5.74, 6) is -0.438. The number of anilines is 1. The lowest BCUT2D eigenvalue weighted by atomic mass is 10.1. The van der Waals surface area contributed by atoms with Crippen molar-refractivity contribution in [2.45, 2.75) is 13.5 Å². The zero-order valence-corrected chi connectivity index (χ0v) is 24.0. The molecule has 1 aliphatic rings. The molecule has 1 heterocycles. The van der Waals surface area contributed by atoms with Crippen LogP contribution < -0.4 is 15.4 Å². The van der Waals surface area contributed by atoms with Crippen LogP contribution in [-0.2, 0) is 16.2 Å². The second-order valence-electron chi connectivity index (χ2n) is 9.08. The highest BCUT2D eigenvalue weighted by molar-refractivity contribution is 9.11. The molecule has 1 aliphatic heterocycles. The highest BCUT2D eigenvalue weighted by Gasteiger charge is 2.35. The smallest absolute Gasteiger partial charge is 0.329 e. The number of fused-ring (bicyclic) bond motifs is 1. The molecule has 5 rings (SSSR count). The summed E-state index contributed by atoms with van der Waals surface area (Å²) < 4.78 is 7.43. The number of benzene rings is 4. The third-order valence-electron chi connectivity index (χ3n) is 6.13. The van der Waals surface area contributed by atoms with Crippen molar-refractivity contribution in [2.24, 2.45) is 0 Å². The summed E-state index contributed by atoms with van der Waals surface area (Å²) >= 11 is 7.10. The van der Waals surface area contributed by atoms with Gasteiger partial charge in [0.15, 0.2) is 0 Å². The molecule has 0 radical (unpaired) electrons. The molecule has 7 nitrogen and oxygen atoms in total. The van der Waals surface area contributed by atoms with Crippen molar-refractivity contribution >= 4 is 72.2 Å². The van der Waals surface area contributed by atoms with Gasteiger partial charge in [-0.1, -0.05) is 54.1 Å². The Balaban J connectivity index is 1.25. The fourth-order valence-corrected chi connectivity index (χ4v) is 5.60. The van der Waals surface area contributed by atoms with Crippen molar-refractivity contribution in [3.05, 3.63) is 110 Å². The summed E-state index contributed by atoms with van der Waals surface area (Å²) in [7, 11) is 0. The van der Waals surface area contributed by atoms with Crippen LogP contribution in [0.3, 0.4) is 0 Å². The summed E-state index contributed by atoms with van der Waals surface area (Å²) in [6.45, 7) is 1.91. The minimum absolute atomic E-state index is 0.0757. The van der Waals surface area contributed by atoms with Crippen LogP contribution in [0.5, 0.6) is 5.75 Å². The monoisotopic (exact) mass is 647 g/mol. The van der Waals surface area contributed by atoms with Gasteiger partial charge in [-0.15, -0.1) is 0 Å². The van der Waals surface area contributed by atoms with Gasteiger partial charge in [-0.05, 0) is 97.1 Å². The molecule has 0 saturated carbocycles. The number of amides is 4. The Kier molecular flexibility index (Phi) is 7.81. The van der Waals surface area contributed by atoms with E-state index in [-0.39, 0.29) is 5.70 Å². The van der Waals surface area contributed by atoms with E-state index in [2.05, 4.69) is 66.8 Å². The van der Waals surface area contributed by atoms with Gasteiger partial charge >= 0.3 is 6.03 Å². The van der Waals surface area contributed by atoms with E-state index < -0.39 is 24.4 Å². The van der Waals surface area contributed by atoms with Crippen molar-refractivity contribution in [2.75, 3.05) is 11.9 Å². The first-order valence-corrected chi connectivity index (χ1v) is 13.7. The Bertz CT molecular complexity index is 1610. The molecule has 9 heteroatoms. The van der Waals surface area contributed by atoms with E-state index in [1.54, 1.807) is 30.3 Å². The second-order valence-corrected chi connectivity index (χ2v) is 10.8. The molecule has 196 valence electrons. The van der Waals surface area contributed by atoms with Crippen LogP contribution in [0, 0.1) is 6.92 Å². The first-order chi connectivity index (χ1) is 18.8. The van der Waals surface area contributed by atoms with E-state index in [4.69, 9.17) is 4.74 Å². The average molecular weight is 649 g/mol. The van der Waals surface area contributed by atoms with Crippen molar-refractivity contribution in [1.29, 1.82) is 0 Å². The standard InChI is InChI=1S/C30H23Br2N3O4/c1-18-6-10-23(11-7-18)33-27(36)16-35-29(37)26(34-30(35)38)15-20-13-24(31)28(25(32)14-20)39-17-19-8-9-21-4-2-3-5-22(21)12-19/h2-15H,16-17H2,1H3,(H,33,36)(H,34,38)/b26-15+. The van der Waals surface area contributed by atoms with E-state index in [1.165, 1.54) is 5.39 Å². The first-order valence-electron chi connectivity index (χ1n) is 12.1. The molecular formula is C30H23Br2N3O4. The van der Waals surface area contributed by atoms with Crippen LogP contribution in [0.15, 0.2) is 93.5 Å². The zero-order valence-electron chi connectivity index (χ0n) is 20.8. The van der Waals surface area contributed by atoms with E-state index in [1.807, 2.05) is 37.3 Å². The van der Waals surface area contributed by atoms with Crippen LogP contribution in [0.2, 0.25) is 0 Å². The molecule has 0 aliphatic carbocycles. The van der Waals surface area contributed by atoms with E-state index >= 15 is 0 Å². The number of hydrogen-bond acceptors (Lipinski definition) is 4. The van der Waals surface area contributed by atoms with Crippen LogP contribution >= 0.6 is 31.9 Å². The summed E-state index contributed by atoms with van der Waals surface area (Å²) in [6.07, 6.45) is 1.56. The molecule has 0 atom stereocenters. The summed E-state index contributed by atoms with van der Waals surface area (Å²) in [4.78, 5) is 38.6. The lowest BCUT2D eigenvalue weighted by molar-refractivity contribution is -0.127. The number of imide groups is 1. The van der Waals surface area contributed by atoms with Gasteiger partial charge < -0.3 is 15.4 Å². The van der Waals surface area contributed by atoms with Crippen molar-refractivity contribution < 1.29 is 19.1 Å². The third-order valence-corrected chi connectivity index (χ3v) is 7.31. The molecule has 0 unspecified atom stereocenters. The largest absolute Gasteiger partial charge is 0.487 e. The van der Waals surface area contributed by atoms with Gasteiger partial charge in [-0.25, -0.2) is 9.69 Å². The normalized spacial score (nSPS) is 14.1. The number of hydrogen-bond donors (Lipinski definition) is 2. The average Bonchev–Trinajstić information content (AvgIpc) is 3.16. The number of urea groups is 1. The Hall–Kier alpha value is -3.95. The Morgan fingerprint density at radius 3 is 2.36 bits per heavy atom. The van der Waals surface area contributed by atoms with Crippen LogP contribution in [0.1, 0.15) is 16.7 Å². The molecular weight excluding hydrogens is 626 g/mol. The van der Waals surface area contributed by atoms with E-state index in [9.17, 15) is 14.4 Å². The Morgan fingerprint density at radius 2 is 1.64 bits per heavy atom. The van der Waals surface area contributed by atoms with Gasteiger partial charge in [-0.2, -0.15) is 0 Å². The van der Waals surface area contributed by atoms with Crippen molar-refractivity contribution in [3.63, 3.8) is 0 Å². The molecule has 0 bridgehead atoms. The summed E-state index contributed by atoms with van der Waals surface area (Å²) in [6, 6.07) is 24.5. The van der Waals surface area contributed by atoms with Gasteiger partial charge in [0.1, 0.15) is 24.6 Å². The van der Waals surface area contributed by atoms with Crippen molar-refractivity contribution in [3.8, 4) is 5.75 Å². The minimum Gasteiger partial charge on any atom is -0.487 e. The fourth-order valence-electron chi connectivity index (χ4n) is 4.15. The minimum atomic E-state index is -0.654. The quantitative estimate of drug-likeness (QED) is 0.171. The molecule has 4 aromatic rings. The van der Waals surface area contributed by atoms with Gasteiger partial charge in [-0.3, -0.25) is 9.59 Å². The number of halogens is 2.